The maximum atomic E-state index is 12.6. The number of rotatable bonds is 10. The van der Waals surface area contributed by atoms with Crippen molar-refractivity contribution in [2.45, 2.75) is 32.6 Å². The molecule has 1 fully saturated rings. The molecule has 1 saturated heterocycles. The number of halogens is 2. The number of aliphatic hydroxyl groups is 1. The van der Waals surface area contributed by atoms with Gasteiger partial charge in [-0.2, -0.15) is 0 Å². The van der Waals surface area contributed by atoms with Crippen molar-refractivity contribution in [2.24, 2.45) is 5.92 Å². The molecule has 178 valence electrons. The first-order chi connectivity index (χ1) is 15.3. The van der Waals surface area contributed by atoms with Crippen molar-refractivity contribution >= 4 is 46.5 Å². The third-order valence-corrected chi connectivity index (χ3v) is 5.92. The Morgan fingerprint density at radius 3 is 2.59 bits per heavy atom. The van der Waals surface area contributed by atoms with Gasteiger partial charge in [0, 0.05) is 49.0 Å². The number of benzene rings is 1. The summed E-state index contributed by atoms with van der Waals surface area (Å²) in [6.45, 7) is 7.35. The van der Waals surface area contributed by atoms with E-state index in [0.29, 0.717) is 47.0 Å². The zero-order chi connectivity index (χ0) is 23.5. The SMILES string of the molecule is CC(C)C[C@H](NC(=O)CNC(=O)c1cc(Cl)ccc1Br)B1OCCN(CCCO)CCO1. The summed E-state index contributed by atoms with van der Waals surface area (Å²) >= 11 is 9.28. The average Bonchev–Trinajstić information content (AvgIpc) is 2.72. The Labute approximate surface area is 203 Å². The molecule has 3 N–H and O–H groups in total. The van der Waals surface area contributed by atoms with Crippen LogP contribution in [0.3, 0.4) is 0 Å². The highest BCUT2D eigenvalue weighted by Gasteiger charge is 2.33. The monoisotopic (exact) mass is 531 g/mol. The van der Waals surface area contributed by atoms with Gasteiger partial charge >= 0.3 is 7.12 Å². The predicted octanol–water partition coefficient (Wildman–Crippen LogP) is 2.12. The van der Waals surface area contributed by atoms with Crippen molar-refractivity contribution in [1.29, 1.82) is 0 Å². The molecule has 0 saturated carbocycles. The number of amides is 2. The van der Waals surface area contributed by atoms with Crippen molar-refractivity contribution in [1.82, 2.24) is 15.5 Å². The van der Waals surface area contributed by atoms with Gasteiger partial charge in [0.1, 0.15) is 0 Å². The quantitative estimate of drug-likeness (QED) is 0.399. The van der Waals surface area contributed by atoms with Gasteiger partial charge < -0.3 is 25.0 Å². The Hall–Kier alpha value is -1.17. The van der Waals surface area contributed by atoms with Crippen LogP contribution in [0.2, 0.25) is 5.02 Å². The van der Waals surface area contributed by atoms with E-state index in [1.165, 1.54) is 0 Å². The van der Waals surface area contributed by atoms with E-state index in [-0.39, 0.29) is 25.0 Å². The van der Waals surface area contributed by atoms with Gasteiger partial charge in [0.2, 0.25) is 5.91 Å². The van der Waals surface area contributed by atoms with E-state index in [1.807, 2.05) is 0 Å². The molecule has 2 amide bonds. The molecular formula is C21H32BBrClN3O5. The number of hydrogen-bond acceptors (Lipinski definition) is 6. The minimum Gasteiger partial charge on any atom is -0.408 e. The fourth-order valence-corrected chi connectivity index (χ4v) is 4.04. The molecule has 1 atom stereocenters. The van der Waals surface area contributed by atoms with Crippen LogP contribution in [0.25, 0.3) is 0 Å². The molecule has 1 aliphatic heterocycles. The third-order valence-electron chi connectivity index (χ3n) is 4.99. The maximum Gasteiger partial charge on any atom is 0.480 e. The largest absolute Gasteiger partial charge is 0.480 e. The van der Waals surface area contributed by atoms with Gasteiger partial charge in [-0.05, 0) is 52.9 Å². The van der Waals surface area contributed by atoms with Crippen molar-refractivity contribution in [3.63, 3.8) is 0 Å². The highest BCUT2D eigenvalue weighted by Crippen LogP contribution is 2.21. The molecule has 0 unspecified atom stereocenters. The summed E-state index contributed by atoms with van der Waals surface area (Å²) in [5.74, 6) is -0.727. The summed E-state index contributed by atoms with van der Waals surface area (Å²) in [4.78, 5) is 27.2. The minimum atomic E-state index is -0.556. The molecule has 11 heteroatoms. The van der Waals surface area contributed by atoms with Crippen LogP contribution in [0.5, 0.6) is 0 Å². The molecule has 0 radical (unpaired) electrons. The number of aliphatic hydroxyl groups excluding tert-OH is 1. The Balaban J connectivity index is 1.90. The summed E-state index contributed by atoms with van der Waals surface area (Å²) < 4.78 is 12.5. The Morgan fingerprint density at radius 2 is 1.97 bits per heavy atom. The predicted molar refractivity (Wildman–Crippen MR) is 129 cm³/mol. The topological polar surface area (TPSA) is 100 Å². The average molecular weight is 533 g/mol. The lowest BCUT2D eigenvalue weighted by Gasteiger charge is -2.31. The lowest BCUT2D eigenvalue weighted by atomic mass is 9.73. The lowest BCUT2D eigenvalue weighted by molar-refractivity contribution is -0.120. The summed E-state index contributed by atoms with van der Waals surface area (Å²) in [6, 6.07) is 4.90. The summed E-state index contributed by atoms with van der Waals surface area (Å²) in [5, 5.41) is 15.0. The molecule has 8 nitrogen and oxygen atoms in total. The first-order valence-electron chi connectivity index (χ1n) is 10.9. The van der Waals surface area contributed by atoms with Crippen LogP contribution in [0.4, 0.5) is 0 Å². The Kier molecular flexibility index (Phi) is 12.0. The van der Waals surface area contributed by atoms with Gasteiger partial charge in [-0.3, -0.25) is 14.5 Å². The van der Waals surface area contributed by atoms with E-state index < -0.39 is 13.0 Å². The standard InChI is InChI=1S/C21H32BBrClN3O5/c1-15(2)12-19(22-31-10-7-27(6-3-9-28)8-11-32-22)26-20(29)14-25-21(30)17-13-16(24)4-5-18(17)23/h4-5,13,15,19,28H,3,6-12,14H2,1-2H3,(H,25,30)(H,26,29)/t19-/m0/s1. The van der Waals surface area contributed by atoms with Gasteiger partial charge in [-0.15, -0.1) is 0 Å². The smallest absolute Gasteiger partial charge is 0.408 e. The molecule has 1 aromatic rings. The fraction of sp³-hybridized carbons (Fsp3) is 0.619. The van der Waals surface area contributed by atoms with E-state index in [1.54, 1.807) is 18.2 Å². The third kappa shape index (κ3) is 9.37. The van der Waals surface area contributed by atoms with Gasteiger partial charge in [-0.25, -0.2) is 0 Å². The van der Waals surface area contributed by atoms with Crippen LogP contribution in [0.15, 0.2) is 22.7 Å². The van der Waals surface area contributed by atoms with Crippen molar-refractivity contribution in [3.8, 4) is 0 Å². The highest BCUT2D eigenvalue weighted by atomic mass is 79.9. The van der Waals surface area contributed by atoms with Crippen molar-refractivity contribution in [2.75, 3.05) is 46.0 Å². The van der Waals surface area contributed by atoms with Crippen LogP contribution < -0.4 is 10.6 Å². The van der Waals surface area contributed by atoms with Crippen LogP contribution in [-0.2, 0) is 14.1 Å². The Bertz CT molecular complexity index is 748. The van der Waals surface area contributed by atoms with E-state index in [0.717, 1.165) is 19.6 Å². The molecule has 32 heavy (non-hydrogen) atoms. The molecule has 1 aliphatic rings. The first kappa shape index (κ1) is 27.1. The first-order valence-corrected chi connectivity index (χ1v) is 12.1. The van der Waals surface area contributed by atoms with Crippen molar-refractivity contribution in [3.05, 3.63) is 33.3 Å². The molecule has 0 spiro atoms. The summed E-state index contributed by atoms with van der Waals surface area (Å²) in [7, 11) is -0.556. The highest BCUT2D eigenvalue weighted by molar-refractivity contribution is 9.10. The van der Waals surface area contributed by atoms with E-state index >= 15 is 0 Å². The molecule has 0 aliphatic carbocycles. The van der Waals surface area contributed by atoms with E-state index in [9.17, 15) is 9.59 Å². The Morgan fingerprint density at radius 1 is 1.28 bits per heavy atom. The van der Waals surface area contributed by atoms with Crippen LogP contribution in [0, 0.1) is 5.92 Å². The fourth-order valence-electron chi connectivity index (χ4n) is 3.44. The molecule has 1 aromatic carbocycles. The van der Waals surface area contributed by atoms with Gasteiger partial charge in [0.25, 0.3) is 5.91 Å². The van der Waals surface area contributed by atoms with Crippen molar-refractivity contribution < 1.29 is 24.0 Å². The van der Waals surface area contributed by atoms with Gasteiger partial charge in [0.05, 0.1) is 18.0 Å². The van der Waals surface area contributed by atoms with Gasteiger partial charge in [0.15, 0.2) is 0 Å². The van der Waals surface area contributed by atoms with E-state index in [4.69, 9.17) is 26.0 Å². The number of hydrogen-bond donors (Lipinski definition) is 3. The zero-order valence-corrected chi connectivity index (χ0v) is 21.0. The minimum absolute atomic E-state index is 0.161. The van der Waals surface area contributed by atoms with Gasteiger partial charge in [-0.1, -0.05) is 25.4 Å². The summed E-state index contributed by atoms with van der Waals surface area (Å²) in [5.41, 5.74) is 0.362. The molecular weight excluding hydrogens is 500 g/mol. The second kappa shape index (κ2) is 14.2. The number of carbonyl (C=O) groups is 2. The van der Waals surface area contributed by atoms with Crippen LogP contribution in [0.1, 0.15) is 37.0 Å². The maximum absolute atomic E-state index is 12.6. The molecule has 0 aromatic heterocycles. The molecule has 1 heterocycles. The number of carbonyl (C=O) groups excluding carboxylic acids is 2. The summed E-state index contributed by atoms with van der Waals surface area (Å²) in [6.07, 6.45) is 1.39. The second-order valence-corrected chi connectivity index (χ2v) is 9.43. The van der Waals surface area contributed by atoms with Crippen LogP contribution >= 0.6 is 27.5 Å². The van der Waals surface area contributed by atoms with E-state index in [2.05, 4.69) is 45.3 Å². The number of nitrogens with zero attached hydrogens (tertiary/aromatic N) is 1. The zero-order valence-electron chi connectivity index (χ0n) is 18.6. The van der Waals surface area contributed by atoms with Crippen LogP contribution in [-0.4, -0.2) is 80.9 Å². The lowest BCUT2D eigenvalue weighted by Crippen LogP contribution is -2.54. The second-order valence-electron chi connectivity index (χ2n) is 8.14. The number of nitrogens with one attached hydrogen (secondary N) is 2. The molecule has 2 rings (SSSR count). The molecule has 0 bridgehead atoms. The normalized spacial score (nSPS) is 16.4.